The van der Waals surface area contributed by atoms with Crippen LogP contribution in [0.1, 0.15) is 30.0 Å². The fourth-order valence-electron chi connectivity index (χ4n) is 4.00. The SMILES string of the molecule is [B]c1cnn2c(NCc3cccnc3)cc(C3CCN(S(=O)(=O)c4ccc(O)s4)CC3)nc12. The molecule has 1 aliphatic rings. The molecule has 0 spiro atoms. The molecule has 9 nitrogen and oxygen atoms in total. The molecule has 2 N–H and O–H groups in total. The fraction of sp³-hybridized carbons (Fsp3) is 0.286. The largest absolute Gasteiger partial charge is 0.499 e. The molecule has 0 saturated carbocycles. The number of hydrogen-bond acceptors (Lipinski definition) is 8. The standard InChI is InChI=1S/C21H21BN6O3S2/c22-16-13-25-28-18(24-12-14-2-1-7-23-11-14)10-17(26-21(16)28)15-5-8-27(9-6-15)33(30,31)20-4-3-19(29)32-20/h1-4,7,10-11,13,15,24,29H,5-6,8-9,12H2. The highest BCUT2D eigenvalue weighted by Crippen LogP contribution is 2.34. The molecule has 12 heteroatoms. The molecule has 2 radical (unpaired) electrons. The first-order valence-corrected chi connectivity index (χ1v) is 12.7. The van der Waals surface area contributed by atoms with Crippen molar-refractivity contribution in [3.63, 3.8) is 0 Å². The number of fused-ring (bicyclic) bond motifs is 1. The fourth-order valence-corrected chi connectivity index (χ4v) is 6.66. The number of aromatic hydroxyl groups is 1. The van der Waals surface area contributed by atoms with Crippen molar-refractivity contribution in [3.05, 3.63) is 60.2 Å². The minimum atomic E-state index is -3.61. The van der Waals surface area contributed by atoms with Crippen LogP contribution in [0.3, 0.4) is 0 Å². The highest BCUT2D eigenvalue weighted by atomic mass is 32.2. The molecule has 4 aromatic rings. The summed E-state index contributed by atoms with van der Waals surface area (Å²) in [5.41, 5.74) is 2.94. The molecule has 0 bridgehead atoms. The van der Waals surface area contributed by atoms with E-state index in [1.165, 1.54) is 16.4 Å². The van der Waals surface area contributed by atoms with Gasteiger partial charge in [-0.2, -0.15) is 13.9 Å². The second-order valence-corrected chi connectivity index (χ2v) is 11.1. The predicted octanol–water partition coefficient (Wildman–Crippen LogP) is 1.87. The summed E-state index contributed by atoms with van der Waals surface area (Å²) in [6, 6.07) is 8.68. The monoisotopic (exact) mass is 480 g/mol. The van der Waals surface area contributed by atoms with E-state index in [4.69, 9.17) is 12.8 Å². The lowest BCUT2D eigenvalue weighted by Gasteiger charge is -2.30. The topological polar surface area (TPSA) is 113 Å². The highest BCUT2D eigenvalue weighted by Gasteiger charge is 2.32. The number of thiophene rings is 1. The number of nitrogens with one attached hydrogen (secondary N) is 1. The van der Waals surface area contributed by atoms with Crippen molar-refractivity contribution >= 4 is 46.1 Å². The Bertz CT molecular complexity index is 1380. The van der Waals surface area contributed by atoms with E-state index in [9.17, 15) is 13.5 Å². The van der Waals surface area contributed by atoms with E-state index in [-0.39, 0.29) is 15.2 Å². The van der Waals surface area contributed by atoms with Gasteiger partial charge in [0.2, 0.25) is 0 Å². The Kier molecular flexibility index (Phi) is 5.81. The van der Waals surface area contributed by atoms with Gasteiger partial charge in [-0.3, -0.25) is 4.98 Å². The van der Waals surface area contributed by atoms with Crippen LogP contribution < -0.4 is 10.8 Å². The minimum Gasteiger partial charge on any atom is -0.499 e. The summed E-state index contributed by atoms with van der Waals surface area (Å²) < 4.78 is 29.0. The van der Waals surface area contributed by atoms with Crippen molar-refractivity contribution in [1.29, 1.82) is 0 Å². The molecule has 5 heterocycles. The zero-order valence-corrected chi connectivity index (χ0v) is 19.3. The molecule has 0 unspecified atom stereocenters. The van der Waals surface area contributed by atoms with Gasteiger partial charge in [0.05, 0.1) is 0 Å². The summed E-state index contributed by atoms with van der Waals surface area (Å²) in [6.07, 6.45) is 6.38. The van der Waals surface area contributed by atoms with Crippen LogP contribution in [-0.4, -0.2) is 58.3 Å². The average molecular weight is 480 g/mol. The maximum absolute atomic E-state index is 12.9. The quantitative estimate of drug-likeness (QED) is 0.405. The molecular weight excluding hydrogens is 459 g/mol. The number of anilines is 1. The molecular formula is C21H21BN6O3S2. The van der Waals surface area contributed by atoms with Gasteiger partial charge >= 0.3 is 0 Å². The Labute approximate surface area is 196 Å². The Morgan fingerprint density at radius 1 is 1.21 bits per heavy atom. The molecule has 1 aliphatic heterocycles. The van der Waals surface area contributed by atoms with E-state index in [0.717, 1.165) is 28.4 Å². The van der Waals surface area contributed by atoms with Crippen LogP contribution in [0.4, 0.5) is 5.82 Å². The van der Waals surface area contributed by atoms with Crippen LogP contribution in [-0.2, 0) is 16.6 Å². The summed E-state index contributed by atoms with van der Waals surface area (Å²) in [7, 11) is 2.50. The second kappa shape index (κ2) is 8.77. The Morgan fingerprint density at radius 3 is 2.73 bits per heavy atom. The normalized spacial score (nSPS) is 15.8. The molecule has 0 aromatic carbocycles. The summed E-state index contributed by atoms with van der Waals surface area (Å²) in [5, 5.41) is 17.3. The molecule has 1 saturated heterocycles. The van der Waals surface area contributed by atoms with Gasteiger partial charge in [0.15, 0.2) is 5.06 Å². The first kappa shape index (κ1) is 21.9. The van der Waals surface area contributed by atoms with E-state index in [0.29, 0.717) is 43.6 Å². The van der Waals surface area contributed by atoms with Crippen LogP contribution in [0.15, 0.2) is 53.1 Å². The Morgan fingerprint density at radius 2 is 2.03 bits per heavy atom. The maximum atomic E-state index is 12.9. The van der Waals surface area contributed by atoms with Crippen molar-refractivity contribution < 1.29 is 13.5 Å². The van der Waals surface area contributed by atoms with Crippen molar-refractivity contribution in [2.75, 3.05) is 18.4 Å². The van der Waals surface area contributed by atoms with Gasteiger partial charge in [0, 0.05) is 55.9 Å². The van der Waals surface area contributed by atoms with E-state index < -0.39 is 10.0 Å². The molecule has 4 aromatic heterocycles. The third kappa shape index (κ3) is 4.33. The molecule has 0 amide bonds. The average Bonchev–Trinajstić information content (AvgIpc) is 3.44. The van der Waals surface area contributed by atoms with E-state index in [1.807, 2.05) is 18.2 Å². The van der Waals surface area contributed by atoms with Crippen LogP contribution in [0.25, 0.3) is 5.65 Å². The maximum Gasteiger partial charge on any atom is 0.252 e. The lowest BCUT2D eigenvalue weighted by atomic mass is 9.94. The molecule has 168 valence electrons. The highest BCUT2D eigenvalue weighted by molar-refractivity contribution is 7.91. The van der Waals surface area contributed by atoms with Gasteiger partial charge in [-0.05, 0) is 42.1 Å². The number of aromatic nitrogens is 4. The van der Waals surface area contributed by atoms with Crippen LogP contribution in [0.2, 0.25) is 0 Å². The third-order valence-electron chi connectivity index (χ3n) is 5.75. The van der Waals surface area contributed by atoms with Gasteiger partial charge in [-0.15, -0.1) is 0 Å². The molecule has 1 fully saturated rings. The van der Waals surface area contributed by atoms with E-state index >= 15 is 0 Å². The summed E-state index contributed by atoms with van der Waals surface area (Å²) in [5.74, 6) is 0.853. The lowest BCUT2D eigenvalue weighted by Crippen LogP contribution is -2.37. The van der Waals surface area contributed by atoms with Crippen molar-refractivity contribution in [2.24, 2.45) is 0 Å². The van der Waals surface area contributed by atoms with Crippen molar-refractivity contribution in [2.45, 2.75) is 29.5 Å². The first-order valence-electron chi connectivity index (χ1n) is 10.5. The zero-order valence-electron chi connectivity index (χ0n) is 17.6. The van der Waals surface area contributed by atoms with Gasteiger partial charge in [0.25, 0.3) is 10.0 Å². The van der Waals surface area contributed by atoms with Crippen LogP contribution in [0, 0.1) is 0 Å². The minimum absolute atomic E-state index is 0.00864. The second-order valence-electron chi connectivity index (χ2n) is 7.89. The summed E-state index contributed by atoms with van der Waals surface area (Å²) in [6.45, 7) is 1.33. The summed E-state index contributed by atoms with van der Waals surface area (Å²) >= 11 is 0.872. The van der Waals surface area contributed by atoms with Crippen LogP contribution in [0.5, 0.6) is 5.06 Å². The number of nitrogens with zero attached hydrogens (tertiary/aromatic N) is 5. The third-order valence-corrected chi connectivity index (χ3v) is 9.00. The number of hydrogen-bond donors (Lipinski definition) is 2. The van der Waals surface area contributed by atoms with Crippen molar-refractivity contribution in [1.82, 2.24) is 23.9 Å². The van der Waals surface area contributed by atoms with Crippen molar-refractivity contribution in [3.8, 4) is 5.06 Å². The van der Waals surface area contributed by atoms with Gasteiger partial charge < -0.3 is 10.4 Å². The predicted molar refractivity (Wildman–Crippen MR) is 127 cm³/mol. The number of piperidine rings is 1. The molecule has 0 aliphatic carbocycles. The number of pyridine rings is 1. The Balaban J connectivity index is 1.36. The van der Waals surface area contributed by atoms with Crippen LogP contribution >= 0.6 is 11.3 Å². The molecule has 0 atom stereocenters. The summed E-state index contributed by atoms with van der Waals surface area (Å²) in [4.78, 5) is 8.89. The van der Waals surface area contributed by atoms with Gasteiger partial charge in [-0.25, -0.2) is 13.4 Å². The van der Waals surface area contributed by atoms with Gasteiger partial charge in [-0.1, -0.05) is 17.4 Å². The zero-order chi connectivity index (χ0) is 23.0. The molecule has 5 rings (SSSR count). The first-order chi connectivity index (χ1) is 15.9. The van der Waals surface area contributed by atoms with E-state index in [2.05, 4.69) is 15.4 Å². The van der Waals surface area contributed by atoms with Gasteiger partial charge in [0.1, 0.15) is 23.5 Å². The lowest BCUT2D eigenvalue weighted by molar-refractivity contribution is 0.317. The smallest absolute Gasteiger partial charge is 0.252 e. The number of sulfonamides is 1. The number of rotatable bonds is 6. The molecule has 33 heavy (non-hydrogen) atoms. The van der Waals surface area contributed by atoms with E-state index in [1.54, 1.807) is 23.1 Å². The Hall–Kier alpha value is -2.96.